The molecule has 0 saturated carbocycles. The SMILES string of the molecule is Cc1cc(NC(=O)c2ccco2)sc1C(=O)OCc1cn2cccc(C)c2n1. The second kappa shape index (κ2) is 7.32. The van der Waals surface area contributed by atoms with E-state index in [1.807, 2.05) is 35.9 Å². The van der Waals surface area contributed by atoms with E-state index in [1.165, 1.54) is 6.26 Å². The first-order valence-corrected chi connectivity index (χ1v) is 9.38. The summed E-state index contributed by atoms with van der Waals surface area (Å²) in [4.78, 5) is 29.5. The molecule has 7 nitrogen and oxygen atoms in total. The minimum atomic E-state index is -0.449. The first-order valence-electron chi connectivity index (χ1n) is 8.57. The Kier molecular flexibility index (Phi) is 4.70. The molecule has 0 aliphatic heterocycles. The highest BCUT2D eigenvalue weighted by molar-refractivity contribution is 7.18. The molecule has 0 fully saturated rings. The van der Waals surface area contributed by atoms with E-state index < -0.39 is 5.97 Å². The van der Waals surface area contributed by atoms with Crippen LogP contribution in [0.2, 0.25) is 0 Å². The number of thiophene rings is 1. The number of pyridine rings is 1. The second-order valence-electron chi connectivity index (χ2n) is 6.28. The van der Waals surface area contributed by atoms with E-state index in [-0.39, 0.29) is 18.3 Å². The van der Waals surface area contributed by atoms with Gasteiger partial charge in [-0.1, -0.05) is 6.07 Å². The third kappa shape index (κ3) is 3.54. The third-order valence-corrected chi connectivity index (χ3v) is 5.30. The zero-order valence-corrected chi connectivity index (χ0v) is 16.1. The van der Waals surface area contributed by atoms with Gasteiger partial charge in [0.15, 0.2) is 5.76 Å². The molecule has 4 aromatic rings. The van der Waals surface area contributed by atoms with Crippen molar-refractivity contribution >= 4 is 33.9 Å². The largest absolute Gasteiger partial charge is 0.459 e. The first-order chi connectivity index (χ1) is 13.5. The molecule has 1 N–H and O–H groups in total. The number of aromatic nitrogens is 2. The van der Waals surface area contributed by atoms with Crippen molar-refractivity contribution < 1.29 is 18.7 Å². The summed E-state index contributed by atoms with van der Waals surface area (Å²) in [5, 5.41) is 3.27. The summed E-state index contributed by atoms with van der Waals surface area (Å²) in [6.45, 7) is 3.85. The quantitative estimate of drug-likeness (QED) is 0.512. The predicted molar refractivity (Wildman–Crippen MR) is 105 cm³/mol. The summed E-state index contributed by atoms with van der Waals surface area (Å²) in [5.41, 5.74) is 3.29. The van der Waals surface area contributed by atoms with Gasteiger partial charge in [0.1, 0.15) is 17.1 Å². The molecule has 0 aliphatic rings. The molecule has 0 unspecified atom stereocenters. The lowest BCUT2D eigenvalue weighted by molar-refractivity contribution is 0.0473. The molecule has 0 radical (unpaired) electrons. The average Bonchev–Trinajstić information content (AvgIpc) is 3.39. The maximum Gasteiger partial charge on any atom is 0.349 e. The van der Waals surface area contributed by atoms with Crippen molar-refractivity contribution in [2.45, 2.75) is 20.5 Å². The van der Waals surface area contributed by atoms with Gasteiger partial charge in [0.2, 0.25) is 0 Å². The molecule has 0 aromatic carbocycles. The summed E-state index contributed by atoms with van der Waals surface area (Å²) in [6.07, 6.45) is 5.17. The minimum absolute atomic E-state index is 0.0748. The van der Waals surface area contributed by atoms with Crippen LogP contribution in [-0.2, 0) is 11.3 Å². The Morgan fingerprint density at radius 2 is 2.11 bits per heavy atom. The van der Waals surface area contributed by atoms with Crippen molar-refractivity contribution in [1.82, 2.24) is 9.38 Å². The summed E-state index contributed by atoms with van der Waals surface area (Å²) in [6, 6.07) is 8.86. The van der Waals surface area contributed by atoms with Crippen LogP contribution in [-0.4, -0.2) is 21.3 Å². The van der Waals surface area contributed by atoms with Crippen LogP contribution in [0.1, 0.15) is 37.0 Å². The van der Waals surface area contributed by atoms with Gasteiger partial charge >= 0.3 is 5.97 Å². The van der Waals surface area contributed by atoms with E-state index in [9.17, 15) is 9.59 Å². The Balaban J connectivity index is 1.43. The number of aryl methyl sites for hydroxylation is 2. The van der Waals surface area contributed by atoms with Crippen molar-refractivity contribution in [2.75, 3.05) is 5.32 Å². The fourth-order valence-corrected chi connectivity index (χ4v) is 3.77. The molecular weight excluding hydrogens is 378 g/mol. The second-order valence-corrected chi connectivity index (χ2v) is 7.34. The molecule has 0 atom stereocenters. The molecule has 1 amide bonds. The van der Waals surface area contributed by atoms with E-state index in [1.54, 1.807) is 25.1 Å². The van der Waals surface area contributed by atoms with Crippen LogP contribution >= 0.6 is 11.3 Å². The number of furan rings is 1. The van der Waals surface area contributed by atoms with Crippen molar-refractivity contribution in [3.63, 3.8) is 0 Å². The number of nitrogens with zero attached hydrogens (tertiary/aromatic N) is 2. The van der Waals surface area contributed by atoms with Crippen molar-refractivity contribution in [2.24, 2.45) is 0 Å². The van der Waals surface area contributed by atoms with Gasteiger partial charge in [0, 0.05) is 12.4 Å². The predicted octanol–water partition coefficient (Wildman–Crippen LogP) is 4.21. The maximum atomic E-state index is 12.5. The van der Waals surface area contributed by atoms with E-state index in [0.717, 1.165) is 28.1 Å². The zero-order valence-electron chi connectivity index (χ0n) is 15.3. The first kappa shape index (κ1) is 18.0. The number of esters is 1. The van der Waals surface area contributed by atoms with E-state index >= 15 is 0 Å². The Labute approximate surface area is 164 Å². The van der Waals surface area contributed by atoms with Gasteiger partial charge in [-0.05, 0) is 49.2 Å². The number of nitrogens with one attached hydrogen (secondary N) is 1. The van der Waals surface area contributed by atoms with Gasteiger partial charge in [-0.3, -0.25) is 4.79 Å². The summed E-state index contributed by atoms with van der Waals surface area (Å²) in [5.74, 6) is -0.613. The molecule has 0 spiro atoms. The molecular formula is C20H17N3O4S. The number of carbonyl (C=O) groups is 2. The summed E-state index contributed by atoms with van der Waals surface area (Å²) >= 11 is 1.16. The van der Waals surface area contributed by atoms with Gasteiger partial charge in [-0.25, -0.2) is 9.78 Å². The molecule has 4 heterocycles. The lowest BCUT2D eigenvalue weighted by atomic mass is 10.3. The molecule has 0 aliphatic carbocycles. The normalized spacial score (nSPS) is 10.9. The number of hydrogen-bond acceptors (Lipinski definition) is 6. The van der Waals surface area contributed by atoms with Gasteiger partial charge in [0.05, 0.1) is 17.0 Å². The molecule has 142 valence electrons. The Hall–Kier alpha value is -3.39. The average molecular weight is 395 g/mol. The standard InChI is InChI=1S/C20H17N3O4S/c1-12-5-3-7-23-10-14(21-18(12)23)11-27-20(25)17-13(2)9-16(28-17)22-19(24)15-6-4-8-26-15/h3-10H,11H2,1-2H3,(H,22,24). The van der Waals surface area contributed by atoms with Crippen molar-refractivity contribution in [1.29, 1.82) is 0 Å². The van der Waals surface area contributed by atoms with Crippen LogP contribution in [0.5, 0.6) is 0 Å². The van der Waals surface area contributed by atoms with Gasteiger partial charge in [-0.2, -0.15) is 0 Å². The molecule has 28 heavy (non-hydrogen) atoms. The smallest absolute Gasteiger partial charge is 0.349 e. The summed E-state index contributed by atoms with van der Waals surface area (Å²) in [7, 11) is 0. The number of amides is 1. The van der Waals surface area contributed by atoms with Crippen LogP contribution in [0.3, 0.4) is 0 Å². The topological polar surface area (TPSA) is 85.8 Å². The van der Waals surface area contributed by atoms with Crippen LogP contribution in [0.25, 0.3) is 5.65 Å². The maximum absolute atomic E-state index is 12.5. The van der Waals surface area contributed by atoms with E-state index in [4.69, 9.17) is 9.15 Å². The lowest BCUT2D eigenvalue weighted by Crippen LogP contribution is -2.09. The van der Waals surface area contributed by atoms with Gasteiger partial charge < -0.3 is 18.9 Å². The highest BCUT2D eigenvalue weighted by atomic mass is 32.1. The van der Waals surface area contributed by atoms with Crippen LogP contribution in [0.15, 0.2) is 53.4 Å². The molecule has 0 saturated heterocycles. The number of imidazole rings is 1. The molecule has 4 rings (SSSR count). The van der Waals surface area contributed by atoms with Crippen LogP contribution < -0.4 is 5.32 Å². The number of anilines is 1. The highest BCUT2D eigenvalue weighted by Gasteiger charge is 2.18. The minimum Gasteiger partial charge on any atom is -0.459 e. The van der Waals surface area contributed by atoms with Gasteiger partial charge in [0.25, 0.3) is 5.91 Å². The number of rotatable bonds is 5. The van der Waals surface area contributed by atoms with Crippen LogP contribution in [0, 0.1) is 13.8 Å². The van der Waals surface area contributed by atoms with Crippen molar-refractivity contribution in [3.8, 4) is 0 Å². The summed E-state index contributed by atoms with van der Waals surface area (Å²) < 4.78 is 12.4. The van der Waals surface area contributed by atoms with E-state index in [0.29, 0.717) is 15.6 Å². The van der Waals surface area contributed by atoms with Gasteiger partial charge in [-0.15, -0.1) is 11.3 Å². The lowest BCUT2D eigenvalue weighted by Gasteiger charge is -2.01. The fraction of sp³-hybridized carbons (Fsp3) is 0.150. The third-order valence-electron chi connectivity index (χ3n) is 4.16. The molecule has 4 aromatic heterocycles. The monoisotopic (exact) mass is 395 g/mol. The fourth-order valence-electron chi connectivity index (χ4n) is 2.81. The Morgan fingerprint density at radius 1 is 1.25 bits per heavy atom. The number of ether oxygens (including phenoxy) is 1. The Morgan fingerprint density at radius 3 is 2.86 bits per heavy atom. The number of hydrogen-bond donors (Lipinski definition) is 1. The van der Waals surface area contributed by atoms with Crippen molar-refractivity contribution in [3.05, 3.63) is 76.4 Å². The Bertz CT molecular complexity index is 1160. The highest BCUT2D eigenvalue weighted by Crippen LogP contribution is 2.28. The zero-order chi connectivity index (χ0) is 19.7. The number of fused-ring (bicyclic) bond motifs is 1. The molecule has 8 heteroatoms. The van der Waals surface area contributed by atoms with Crippen LogP contribution in [0.4, 0.5) is 5.00 Å². The molecule has 0 bridgehead atoms. The van der Waals surface area contributed by atoms with E-state index in [2.05, 4.69) is 10.3 Å². The number of carbonyl (C=O) groups excluding carboxylic acids is 2.